The number of pyridine rings is 1. The third-order valence-corrected chi connectivity index (χ3v) is 6.59. The van der Waals surface area contributed by atoms with Crippen molar-refractivity contribution in [3.05, 3.63) is 81.9 Å². The molecular weight excluding hydrogens is 412 g/mol. The van der Waals surface area contributed by atoms with Crippen LogP contribution in [0.1, 0.15) is 23.7 Å². The molecule has 4 rings (SSSR count). The number of aryl methyl sites for hydroxylation is 2. The summed E-state index contributed by atoms with van der Waals surface area (Å²) in [6, 6.07) is 15.4. The molecule has 0 unspecified atom stereocenters. The molecule has 2 aromatic carbocycles. The lowest BCUT2D eigenvalue weighted by Gasteiger charge is -2.12. The molecule has 0 fully saturated rings. The number of H-pyrrole nitrogens is 1. The van der Waals surface area contributed by atoms with E-state index in [9.17, 15) is 13.2 Å². The molecule has 0 aliphatic carbocycles. The van der Waals surface area contributed by atoms with E-state index in [0.29, 0.717) is 23.2 Å². The molecule has 7 nitrogen and oxygen atoms in total. The first kappa shape index (κ1) is 20.9. The molecule has 0 spiro atoms. The summed E-state index contributed by atoms with van der Waals surface area (Å²) < 4.78 is 29.1. The molecule has 2 N–H and O–H groups in total. The maximum Gasteiger partial charge on any atom is 0.253 e. The number of nitrogens with one attached hydrogen (secondary N) is 2. The minimum Gasteiger partial charge on any atom is -0.318 e. The second kappa shape index (κ2) is 8.03. The third kappa shape index (κ3) is 4.25. The van der Waals surface area contributed by atoms with Crippen LogP contribution in [-0.4, -0.2) is 28.9 Å². The number of benzene rings is 2. The number of sulfonamides is 1. The fraction of sp³-hybridized carbons (Fsp3) is 0.217. The summed E-state index contributed by atoms with van der Waals surface area (Å²) in [5, 5.41) is 8.27. The van der Waals surface area contributed by atoms with Gasteiger partial charge >= 0.3 is 0 Å². The highest BCUT2D eigenvalue weighted by Gasteiger charge is 2.17. The minimum atomic E-state index is -3.50. The normalized spacial score (nSPS) is 11.7. The second-order valence-corrected chi connectivity index (χ2v) is 9.63. The van der Waals surface area contributed by atoms with Crippen LogP contribution in [0.2, 0.25) is 0 Å². The predicted molar refractivity (Wildman–Crippen MR) is 124 cm³/mol. The van der Waals surface area contributed by atoms with Gasteiger partial charge in [0, 0.05) is 36.3 Å². The molecule has 0 bridgehead atoms. The van der Waals surface area contributed by atoms with Crippen molar-refractivity contribution in [2.24, 2.45) is 7.05 Å². The van der Waals surface area contributed by atoms with Crippen molar-refractivity contribution in [3.8, 4) is 11.1 Å². The molecule has 160 valence electrons. The van der Waals surface area contributed by atoms with Gasteiger partial charge in [-0.25, -0.2) is 8.42 Å². The Morgan fingerprint density at radius 2 is 1.84 bits per heavy atom. The van der Waals surface area contributed by atoms with Gasteiger partial charge in [-0.2, -0.15) is 5.10 Å². The number of anilines is 1. The van der Waals surface area contributed by atoms with E-state index in [1.807, 2.05) is 36.4 Å². The van der Waals surface area contributed by atoms with E-state index in [1.165, 1.54) is 4.57 Å². The summed E-state index contributed by atoms with van der Waals surface area (Å²) in [5.74, 6) is -0.0382. The van der Waals surface area contributed by atoms with E-state index in [-0.39, 0.29) is 11.3 Å². The first-order valence-electron chi connectivity index (χ1n) is 10.0. The van der Waals surface area contributed by atoms with Gasteiger partial charge in [-0.1, -0.05) is 30.3 Å². The SMILES string of the molecule is CCS(=O)(=O)Nc1cc(-c2cc(C)c(=O)n(C)c2)cc2n[nH]c(Cc3ccccc3)c12. The zero-order valence-corrected chi connectivity index (χ0v) is 18.5. The molecule has 31 heavy (non-hydrogen) atoms. The van der Waals surface area contributed by atoms with Crippen molar-refractivity contribution in [1.82, 2.24) is 14.8 Å². The molecule has 0 amide bonds. The Morgan fingerprint density at radius 1 is 1.10 bits per heavy atom. The van der Waals surface area contributed by atoms with Crippen LogP contribution in [0.15, 0.2) is 59.5 Å². The van der Waals surface area contributed by atoms with Gasteiger partial charge in [-0.05, 0) is 48.7 Å². The molecule has 0 saturated carbocycles. The Hall–Kier alpha value is -3.39. The fourth-order valence-electron chi connectivity index (χ4n) is 3.67. The lowest BCUT2D eigenvalue weighted by molar-refractivity contribution is 0.602. The maximum absolute atomic E-state index is 12.4. The van der Waals surface area contributed by atoms with Crippen LogP contribution >= 0.6 is 0 Å². The monoisotopic (exact) mass is 436 g/mol. The highest BCUT2D eigenvalue weighted by molar-refractivity contribution is 7.92. The summed E-state index contributed by atoms with van der Waals surface area (Å²) in [6.07, 6.45) is 2.34. The topological polar surface area (TPSA) is 96.8 Å². The molecule has 2 heterocycles. The van der Waals surface area contributed by atoms with E-state index in [0.717, 1.165) is 27.8 Å². The number of aromatic nitrogens is 3. The maximum atomic E-state index is 12.4. The summed E-state index contributed by atoms with van der Waals surface area (Å²) >= 11 is 0. The third-order valence-electron chi connectivity index (χ3n) is 5.30. The Kier molecular flexibility index (Phi) is 5.41. The lowest BCUT2D eigenvalue weighted by atomic mass is 10.0. The summed E-state index contributed by atoms with van der Waals surface area (Å²) in [6.45, 7) is 3.36. The average Bonchev–Trinajstić information content (AvgIpc) is 3.15. The van der Waals surface area contributed by atoms with E-state index in [4.69, 9.17) is 0 Å². The van der Waals surface area contributed by atoms with Crippen molar-refractivity contribution >= 4 is 26.6 Å². The Morgan fingerprint density at radius 3 is 2.52 bits per heavy atom. The van der Waals surface area contributed by atoms with Crippen molar-refractivity contribution in [2.45, 2.75) is 20.3 Å². The number of hydrogen-bond donors (Lipinski definition) is 2. The van der Waals surface area contributed by atoms with E-state index in [2.05, 4.69) is 14.9 Å². The summed E-state index contributed by atoms with van der Waals surface area (Å²) in [4.78, 5) is 12.1. The van der Waals surface area contributed by atoms with Gasteiger partial charge in [0.1, 0.15) is 0 Å². The molecule has 0 aliphatic rings. The van der Waals surface area contributed by atoms with Crippen LogP contribution in [0.5, 0.6) is 0 Å². The highest BCUT2D eigenvalue weighted by atomic mass is 32.2. The first-order valence-corrected chi connectivity index (χ1v) is 11.7. The van der Waals surface area contributed by atoms with Gasteiger partial charge in [0.05, 0.1) is 17.0 Å². The van der Waals surface area contributed by atoms with Crippen LogP contribution in [0.25, 0.3) is 22.0 Å². The number of hydrogen-bond acceptors (Lipinski definition) is 4. The molecule has 0 aliphatic heterocycles. The van der Waals surface area contributed by atoms with E-state index < -0.39 is 10.0 Å². The van der Waals surface area contributed by atoms with Crippen molar-refractivity contribution in [2.75, 3.05) is 10.5 Å². The number of nitrogens with zero attached hydrogens (tertiary/aromatic N) is 2. The van der Waals surface area contributed by atoms with Gasteiger partial charge in [-0.3, -0.25) is 14.6 Å². The Labute approximate surface area is 180 Å². The number of rotatable bonds is 6. The van der Waals surface area contributed by atoms with E-state index in [1.54, 1.807) is 39.2 Å². The zero-order chi connectivity index (χ0) is 22.2. The second-order valence-electron chi connectivity index (χ2n) is 7.62. The van der Waals surface area contributed by atoms with Crippen LogP contribution in [0, 0.1) is 6.92 Å². The summed E-state index contributed by atoms with van der Waals surface area (Å²) in [5.41, 5.74) is 5.19. The van der Waals surface area contributed by atoms with Gasteiger partial charge in [-0.15, -0.1) is 0 Å². The van der Waals surface area contributed by atoms with Gasteiger partial charge in [0.2, 0.25) is 10.0 Å². The quantitative estimate of drug-likeness (QED) is 0.483. The van der Waals surface area contributed by atoms with Crippen LogP contribution in [0.3, 0.4) is 0 Å². The molecule has 0 radical (unpaired) electrons. The standard InChI is InChI=1S/C23H24N4O3S/c1-4-31(29,30)26-21-13-17(18-10-15(2)23(28)27(3)14-18)12-20-22(21)19(24-25-20)11-16-8-6-5-7-9-16/h5-10,12-14,26H,4,11H2,1-3H3,(H,24,25). The molecule has 4 aromatic rings. The van der Waals surface area contributed by atoms with Gasteiger partial charge < -0.3 is 4.57 Å². The zero-order valence-electron chi connectivity index (χ0n) is 17.6. The smallest absolute Gasteiger partial charge is 0.253 e. The fourth-order valence-corrected chi connectivity index (χ4v) is 4.31. The number of fused-ring (bicyclic) bond motifs is 1. The highest BCUT2D eigenvalue weighted by Crippen LogP contribution is 2.33. The average molecular weight is 437 g/mol. The minimum absolute atomic E-state index is 0.0382. The molecular formula is C23H24N4O3S. The molecule has 0 atom stereocenters. The first-order chi connectivity index (χ1) is 14.8. The largest absolute Gasteiger partial charge is 0.318 e. The molecule has 8 heteroatoms. The van der Waals surface area contributed by atoms with Crippen molar-refractivity contribution in [1.29, 1.82) is 0 Å². The number of aromatic amines is 1. The Bertz CT molecular complexity index is 1390. The van der Waals surface area contributed by atoms with Crippen LogP contribution in [-0.2, 0) is 23.5 Å². The Balaban J connectivity index is 1.90. The van der Waals surface area contributed by atoms with E-state index >= 15 is 0 Å². The van der Waals surface area contributed by atoms with Crippen molar-refractivity contribution < 1.29 is 8.42 Å². The lowest BCUT2D eigenvalue weighted by Crippen LogP contribution is -2.18. The summed E-state index contributed by atoms with van der Waals surface area (Å²) in [7, 11) is -1.80. The van der Waals surface area contributed by atoms with Crippen molar-refractivity contribution in [3.63, 3.8) is 0 Å². The molecule has 2 aromatic heterocycles. The predicted octanol–water partition coefficient (Wildman–Crippen LogP) is 3.59. The van der Waals surface area contributed by atoms with Crippen LogP contribution < -0.4 is 10.3 Å². The molecule has 0 saturated heterocycles. The van der Waals surface area contributed by atoms with Crippen LogP contribution in [0.4, 0.5) is 5.69 Å². The van der Waals surface area contributed by atoms with Gasteiger partial charge in [0.15, 0.2) is 0 Å². The van der Waals surface area contributed by atoms with Gasteiger partial charge in [0.25, 0.3) is 5.56 Å².